The smallest absolute Gasteiger partial charge is 0.382 e. The molecular formula is C17H27F3N4O2. The molecule has 148 valence electrons. The molecule has 1 aliphatic heterocycles. The van der Waals surface area contributed by atoms with Gasteiger partial charge >= 0.3 is 6.18 Å². The van der Waals surface area contributed by atoms with Gasteiger partial charge in [0.25, 0.3) is 5.91 Å². The monoisotopic (exact) mass is 376 g/mol. The van der Waals surface area contributed by atoms with Gasteiger partial charge in [-0.3, -0.25) is 9.48 Å². The van der Waals surface area contributed by atoms with Crippen LogP contribution < -0.4 is 5.32 Å². The minimum atomic E-state index is -4.67. The van der Waals surface area contributed by atoms with Gasteiger partial charge in [-0.05, 0) is 46.7 Å². The van der Waals surface area contributed by atoms with Gasteiger partial charge in [0.2, 0.25) is 0 Å². The summed E-state index contributed by atoms with van der Waals surface area (Å²) < 4.78 is 46.9. The molecule has 1 fully saturated rings. The molecule has 1 saturated heterocycles. The van der Waals surface area contributed by atoms with Gasteiger partial charge < -0.3 is 15.0 Å². The van der Waals surface area contributed by atoms with Crippen molar-refractivity contribution in [1.82, 2.24) is 20.0 Å². The van der Waals surface area contributed by atoms with Gasteiger partial charge in [0, 0.05) is 32.0 Å². The molecule has 2 rings (SSSR count). The SMILES string of the molecule is CCOCCCNC(=O)c1c(C(F)(F)F)nn(C2CCCN(C)C2)c1C. The molecule has 0 bridgehead atoms. The molecule has 1 N–H and O–H groups in total. The van der Waals surface area contributed by atoms with E-state index in [0.717, 1.165) is 19.4 Å². The lowest BCUT2D eigenvalue weighted by Crippen LogP contribution is -2.34. The summed E-state index contributed by atoms with van der Waals surface area (Å²) in [7, 11) is 1.93. The van der Waals surface area contributed by atoms with Gasteiger partial charge in [-0.25, -0.2) is 0 Å². The standard InChI is InChI=1S/C17H27F3N4O2/c1-4-26-10-6-8-21-16(25)14-12(2)24(22-15(14)17(18,19)20)13-7-5-9-23(3)11-13/h13H,4-11H2,1-3H3,(H,21,25). The Morgan fingerprint density at radius 2 is 2.15 bits per heavy atom. The topological polar surface area (TPSA) is 59.4 Å². The molecule has 0 aromatic carbocycles. The number of aromatic nitrogens is 2. The van der Waals surface area contributed by atoms with Crippen molar-refractivity contribution in [2.75, 3.05) is 39.9 Å². The Morgan fingerprint density at radius 3 is 2.77 bits per heavy atom. The van der Waals surface area contributed by atoms with Crippen molar-refractivity contribution in [1.29, 1.82) is 0 Å². The Kier molecular flexibility index (Phi) is 7.05. The van der Waals surface area contributed by atoms with E-state index in [1.807, 2.05) is 14.0 Å². The number of hydrogen-bond donors (Lipinski definition) is 1. The van der Waals surface area contributed by atoms with Gasteiger partial charge in [0.15, 0.2) is 5.69 Å². The summed E-state index contributed by atoms with van der Waals surface area (Å²) in [6.07, 6.45) is -2.49. The molecule has 1 unspecified atom stereocenters. The van der Waals surface area contributed by atoms with E-state index in [0.29, 0.717) is 26.2 Å². The van der Waals surface area contributed by atoms with Crippen molar-refractivity contribution in [2.45, 2.75) is 45.3 Å². The number of piperidine rings is 1. The Hall–Kier alpha value is -1.61. The van der Waals surface area contributed by atoms with Crippen LogP contribution in [-0.4, -0.2) is 60.5 Å². The molecule has 1 aliphatic rings. The fourth-order valence-electron chi connectivity index (χ4n) is 3.29. The molecule has 0 spiro atoms. The largest absolute Gasteiger partial charge is 0.435 e. The van der Waals surface area contributed by atoms with Crippen molar-refractivity contribution >= 4 is 5.91 Å². The third-order valence-corrected chi connectivity index (χ3v) is 4.55. The van der Waals surface area contributed by atoms with E-state index in [4.69, 9.17) is 4.74 Å². The van der Waals surface area contributed by atoms with Gasteiger partial charge in [0.1, 0.15) is 0 Å². The molecule has 6 nitrogen and oxygen atoms in total. The lowest BCUT2D eigenvalue weighted by molar-refractivity contribution is -0.142. The molecule has 1 aromatic heterocycles. The second-order valence-corrected chi connectivity index (χ2v) is 6.62. The Balaban J connectivity index is 2.21. The van der Waals surface area contributed by atoms with E-state index in [1.165, 1.54) is 11.6 Å². The fourth-order valence-corrected chi connectivity index (χ4v) is 3.29. The number of carbonyl (C=O) groups excluding carboxylic acids is 1. The van der Waals surface area contributed by atoms with Crippen molar-refractivity contribution in [3.05, 3.63) is 17.0 Å². The minimum absolute atomic E-state index is 0.158. The van der Waals surface area contributed by atoms with Crippen LogP contribution in [0.15, 0.2) is 0 Å². The first-order valence-electron chi connectivity index (χ1n) is 8.96. The fraction of sp³-hybridized carbons (Fsp3) is 0.765. The summed E-state index contributed by atoms with van der Waals surface area (Å²) >= 11 is 0. The number of halogens is 3. The zero-order valence-corrected chi connectivity index (χ0v) is 15.5. The number of nitrogens with zero attached hydrogens (tertiary/aromatic N) is 3. The Bertz CT molecular complexity index is 616. The lowest BCUT2D eigenvalue weighted by Gasteiger charge is -2.30. The predicted octanol–water partition coefficient (Wildman–Crippen LogP) is 2.63. The normalized spacial score (nSPS) is 18.9. The number of likely N-dealkylation sites (N-methyl/N-ethyl adjacent to an activating group) is 1. The zero-order valence-electron chi connectivity index (χ0n) is 15.5. The van der Waals surface area contributed by atoms with Crippen LogP contribution in [0.5, 0.6) is 0 Å². The lowest BCUT2D eigenvalue weighted by atomic mass is 10.1. The molecule has 9 heteroatoms. The molecule has 1 aromatic rings. The summed E-state index contributed by atoms with van der Waals surface area (Å²) in [4.78, 5) is 14.5. The van der Waals surface area contributed by atoms with E-state index < -0.39 is 17.8 Å². The maximum absolute atomic E-state index is 13.4. The first kappa shape index (κ1) is 20.7. The second-order valence-electron chi connectivity index (χ2n) is 6.62. The third-order valence-electron chi connectivity index (χ3n) is 4.55. The van der Waals surface area contributed by atoms with Crippen molar-refractivity contribution in [3.63, 3.8) is 0 Å². The van der Waals surface area contributed by atoms with Gasteiger partial charge in [-0.1, -0.05) is 0 Å². The first-order chi connectivity index (χ1) is 12.3. The number of rotatable bonds is 7. The quantitative estimate of drug-likeness (QED) is 0.744. The third kappa shape index (κ3) is 4.97. The van der Waals surface area contributed by atoms with E-state index >= 15 is 0 Å². The number of carbonyl (C=O) groups is 1. The molecule has 2 heterocycles. The Morgan fingerprint density at radius 1 is 1.42 bits per heavy atom. The van der Waals surface area contributed by atoms with E-state index in [-0.39, 0.29) is 23.8 Å². The van der Waals surface area contributed by atoms with Crippen LogP contribution in [0.1, 0.15) is 54.0 Å². The number of hydrogen-bond acceptors (Lipinski definition) is 4. The van der Waals surface area contributed by atoms with Crippen LogP contribution in [0.4, 0.5) is 13.2 Å². The van der Waals surface area contributed by atoms with Crippen LogP contribution in [0, 0.1) is 6.92 Å². The molecule has 0 aliphatic carbocycles. The summed E-state index contributed by atoms with van der Waals surface area (Å²) in [5, 5.41) is 6.35. The Labute approximate surface area is 151 Å². The maximum Gasteiger partial charge on any atom is 0.435 e. The molecule has 1 atom stereocenters. The van der Waals surface area contributed by atoms with Crippen LogP contribution in [0.3, 0.4) is 0 Å². The summed E-state index contributed by atoms with van der Waals surface area (Å²) in [6.45, 7) is 6.20. The molecule has 0 radical (unpaired) electrons. The first-order valence-corrected chi connectivity index (χ1v) is 8.96. The highest BCUT2D eigenvalue weighted by Crippen LogP contribution is 2.34. The second kappa shape index (κ2) is 8.85. The van der Waals surface area contributed by atoms with Crippen LogP contribution in [0.25, 0.3) is 0 Å². The molecule has 0 saturated carbocycles. The van der Waals surface area contributed by atoms with E-state index in [9.17, 15) is 18.0 Å². The van der Waals surface area contributed by atoms with Crippen LogP contribution >= 0.6 is 0 Å². The number of amides is 1. The van der Waals surface area contributed by atoms with Crippen LogP contribution in [-0.2, 0) is 10.9 Å². The van der Waals surface area contributed by atoms with E-state index in [2.05, 4.69) is 15.3 Å². The number of likely N-dealkylation sites (tertiary alicyclic amines) is 1. The molecule has 1 amide bonds. The summed E-state index contributed by atoms with van der Waals surface area (Å²) in [6, 6.07) is -0.158. The van der Waals surface area contributed by atoms with Gasteiger partial charge in [-0.15, -0.1) is 0 Å². The highest BCUT2D eigenvalue weighted by atomic mass is 19.4. The highest BCUT2D eigenvalue weighted by molar-refractivity contribution is 5.96. The van der Waals surface area contributed by atoms with Crippen LogP contribution in [0.2, 0.25) is 0 Å². The minimum Gasteiger partial charge on any atom is -0.382 e. The molecule has 26 heavy (non-hydrogen) atoms. The highest BCUT2D eigenvalue weighted by Gasteiger charge is 2.41. The molecular weight excluding hydrogens is 349 g/mol. The average Bonchev–Trinajstić information content (AvgIpc) is 2.92. The zero-order chi connectivity index (χ0) is 19.3. The van der Waals surface area contributed by atoms with Crippen molar-refractivity contribution < 1.29 is 22.7 Å². The van der Waals surface area contributed by atoms with Crippen molar-refractivity contribution in [3.8, 4) is 0 Å². The maximum atomic E-state index is 13.4. The number of alkyl halides is 3. The average molecular weight is 376 g/mol. The summed E-state index contributed by atoms with van der Waals surface area (Å²) in [5.41, 5.74) is -1.22. The van der Waals surface area contributed by atoms with E-state index in [1.54, 1.807) is 0 Å². The predicted molar refractivity (Wildman–Crippen MR) is 91.2 cm³/mol. The number of ether oxygens (including phenoxy) is 1. The van der Waals surface area contributed by atoms with Gasteiger partial charge in [0.05, 0.1) is 11.6 Å². The summed E-state index contributed by atoms with van der Waals surface area (Å²) in [5.74, 6) is -0.735. The number of nitrogens with one attached hydrogen (secondary N) is 1. The van der Waals surface area contributed by atoms with Crippen molar-refractivity contribution in [2.24, 2.45) is 0 Å². The van der Waals surface area contributed by atoms with Gasteiger partial charge in [-0.2, -0.15) is 18.3 Å².